The van der Waals surface area contributed by atoms with E-state index in [0.29, 0.717) is 22.5 Å². The van der Waals surface area contributed by atoms with Gasteiger partial charge in [0.2, 0.25) is 5.89 Å². The van der Waals surface area contributed by atoms with E-state index in [0.717, 1.165) is 0 Å². The van der Waals surface area contributed by atoms with Gasteiger partial charge in [0, 0.05) is 5.02 Å². The van der Waals surface area contributed by atoms with Crippen LogP contribution in [-0.2, 0) is 11.3 Å². The lowest BCUT2D eigenvalue weighted by Crippen LogP contribution is -2.28. The van der Waals surface area contributed by atoms with Gasteiger partial charge in [-0.3, -0.25) is 4.79 Å². The molecule has 1 heterocycles. The van der Waals surface area contributed by atoms with Crippen molar-refractivity contribution in [3.63, 3.8) is 0 Å². The topological polar surface area (TPSA) is 77.2 Å². The second kappa shape index (κ2) is 6.19. The fraction of sp³-hybridized carbons (Fsp3) is 0.250. The summed E-state index contributed by atoms with van der Waals surface area (Å²) in [4.78, 5) is 15.5. The number of amides is 1. The Morgan fingerprint density at radius 1 is 1.42 bits per heavy atom. The number of hydrogen-bond donors (Lipinski definition) is 1. The normalized spacial score (nSPS) is 10.2. The standard InChI is InChI=1S/C12H12ClN3O3/c1-8-15-12(19-16-8)6-14-11(17)7-18-10-4-2-9(13)3-5-10/h2-5H,6-7H2,1H3,(H,14,17). The molecule has 0 fully saturated rings. The molecule has 0 aliphatic rings. The lowest BCUT2D eigenvalue weighted by atomic mass is 10.3. The molecule has 6 nitrogen and oxygen atoms in total. The molecule has 0 saturated carbocycles. The number of hydrogen-bond acceptors (Lipinski definition) is 5. The van der Waals surface area contributed by atoms with E-state index in [1.807, 2.05) is 0 Å². The van der Waals surface area contributed by atoms with E-state index in [4.69, 9.17) is 20.9 Å². The zero-order valence-corrected chi connectivity index (χ0v) is 11.0. The summed E-state index contributed by atoms with van der Waals surface area (Å²) in [6.45, 7) is 1.80. The zero-order valence-electron chi connectivity index (χ0n) is 10.2. The minimum Gasteiger partial charge on any atom is -0.484 e. The van der Waals surface area contributed by atoms with Crippen molar-refractivity contribution in [2.75, 3.05) is 6.61 Å². The Morgan fingerprint density at radius 2 is 2.16 bits per heavy atom. The van der Waals surface area contributed by atoms with Crippen molar-refractivity contribution in [1.29, 1.82) is 0 Å². The maximum absolute atomic E-state index is 11.5. The van der Waals surface area contributed by atoms with Crippen LogP contribution in [0, 0.1) is 6.92 Å². The van der Waals surface area contributed by atoms with Crippen LogP contribution in [0.1, 0.15) is 11.7 Å². The van der Waals surface area contributed by atoms with E-state index in [-0.39, 0.29) is 19.1 Å². The average molecular weight is 282 g/mol. The molecule has 2 aromatic rings. The lowest BCUT2D eigenvalue weighted by Gasteiger charge is -2.05. The van der Waals surface area contributed by atoms with Gasteiger partial charge in [-0.15, -0.1) is 0 Å². The maximum Gasteiger partial charge on any atom is 0.258 e. The summed E-state index contributed by atoms with van der Waals surface area (Å²) in [5, 5.41) is 6.84. The third-order valence-corrected chi connectivity index (χ3v) is 2.44. The van der Waals surface area contributed by atoms with Gasteiger partial charge in [-0.05, 0) is 31.2 Å². The summed E-state index contributed by atoms with van der Waals surface area (Å²) < 4.78 is 10.1. The Bertz CT molecular complexity index is 554. The van der Waals surface area contributed by atoms with Crippen molar-refractivity contribution in [3.05, 3.63) is 41.0 Å². The summed E-state index contributed by atoms with van der Waals surface area (Å²) in [7, 11) is 0. The maximum atomic E-state index is 11.5. The first-order chi connectivity index (χ1) is 9.13. The molecule has 7 heteroatoms. The van der Waals surface area contributed by atoms with Gasteiger partial charge in [-0.25, -0.2) is 0 Å². The molecule has 19 heavy (non-hydrogen) atoms. The SMILES string of the molecule is Cc1noc(CNC(=O)COc2ccc(Cl)cc2)n1. The molecule has 0 bridgehead atoms. The number of ether oxygens (including phenoxy) is 1. The highest BCUT2D eigenvalue weighted by atomic mass is 35.5. The second-order valence-corrected chi connectivity index (χ2v) is 4.19. The average Bonchev–Trinajstić information content (AvgIpc) is 2.81. The molecular formula is C12H12ClN3O3. The van der Waals surface area contributed by atoms with Crippen molar-refractivity contribution in [3.8, 4) is 5.75 Å². The molecule has 1 amide bonds. The van der Waals surface area contributed by atoms with Crippen LogP contribution in [0.4, 0.5) is 0 Å². The summed E-state index contributed by atoms with van der Waals surface area (Å²) in [5.74, 6) is 1.19. The lowest BCUT2D eigenvalue weighted by molar-refractivity contribution is -0.123. The largest absolute Gasteiger partial charge is 0.484 e. The number of carbonyl (C=O) groups is 1. The minimum atomic E-state index is -0.272. The van der Waals surface area contributed by atoms with E-state index in [2.05, 4.69) is 15.5 Å². The highest BCUT2D eigenvalue weighted by Gasteiger charge is 2.06. The Kier molecular flexibility index (Phi) is 4.35. The van der Waals surface area contributed by atoms with Gasteiger partial charge in [0.1, 0.15) is 5.75 Å². The predicted octanol–water partition coefficient (Wildman–Crippen LogP) is 1.73. The smallest absolute Gasteiger partial charge is 0.258 e. The molecule has 2 rings (SSSR count). The Hall–Kier alpha value is -2.08. The van der Waals surface area contributed by atoms with E-state index >= 15 is 0 Å². The van der Waals surface area contributed by atoms with Crippen LogP contribution in [0.3, 0.4) is 0 Å². The van der Waals surface area contributed by atoms with Gasteiger partial charge in [0.25, 0.3) is 5.91 Å². The van der Waals surface area contributed by atoms with Crippen LogP contribution in [0.2, 0.25) is 5.02 Å². The quantitative estimate of drug-likeness (QED) is 0.903. The van der Waals surface area contributed by atoms with Gasteiger partial charge >= 0.3 is 0 Å². The molecule has 0 saturated heterocycles. The van der Waals surface area contributed by atoms with Crippen LogP contribution in [0.5, 0.6) is 5.75 Å². The molecule has 0 aliphatic heterocycles. The Labute approximate surface area is 114 Å². The Balaban J connectivity index is 1.74. The van der Waals surface area contributed by atoms with Crippen LogP contribution >= 0.6 is 11.6 Å². The molecule has 1 N–H and O–H groups in total. The zero-order chi connectivity index (χ0) is 13.7. The van der Waals surface area contributed by atoms with Gasteiger partial charge in [-0.2, -0.15) is 4.98 Å². The van der Waals surface area contributed by atoms with E-state index in [9.17, 15) is 4.79 Å². The number of aryl methyl sites for hydroxylation is 1. The van der Waals surface area contributed by atoms with Crippen molar-refractivity contribution in [1.82, 2.24) is 15.5 Å². The molecule has 0 atom stereocenters. The minimum absolute atomic E-state index is 0.0885. The molecule has 1 aromatic carbocycles. The first kappa shape index (κ1) is 13.4. The first-order valence-electron chi connectivity index (χ1n) is 5.58. The van der Waals surface area contributed by atoms with Gasteiger partial charge in [0.05, 0.1) is 6.54 Å². The number of benzene rings is 1. The number of halogens is 1. The number of carbonyl (C=O) groups excluding carboxylic acids is 1. The summed E-state index contributed by atoms with van der Waals surface area (Å²) >= 11 is 5.74. The van der Waals surface area contributed by atoms with E-state index in [1.165, 1.54) is 0 Å². The highest BCUT2D eigenvalue weighted by molar-refractivity contribution is 6.30. The molecule has 0 spiro atoms. The molecule has 0 radical (unpaired) electrons. The second-order valence-electron chi connectivity index (χ2n) is 3.75. The van der Waals surface area contributed by atoms with Crippen LogP contribution < -0.4 is 10.1 Å². The summed E-state index contributed by atoms with van der Waals surface area (Å²) in [5.41, 5.74) is 0. The summed E-state index contributed by atoms with van der Waals surface area (Å²) in [6.07, 6.45) is 0. The molecule has 0 unspecified atom stereocenters. The van der Waals surface area contributed by atoms with Crippen molar-refractivity contribution < 1.29 is 14.1 Å². The number of nitrogens with zero attached hydrogens (tertiary/aromatic N) is 2. The summed E-state index contributed by atoms with van der Waals surface area (Å²) in [6, 6.07) is 6.76. The number of rotatable bonds is 5. The molecule has 100 valence electrons. The third-order valence-electron chi connectivity index (χ3n) is 2.19. The predicted molar refractivity (Wildman–Crippen MR) is 67.8 cm³/mol. The number of aromatic nitrogens is 2. The van der Waals surface area contributed by atoms with Gasteiger partial charge in [-0.1, -0.05) is 16.8 Å². The monoisotopic (exact) mass is 281 g/mol. The first-order valence-corrected chi connectivity index (χ1v) is 5.95. The Morgan fingerprint density at radius 3 is 2.79 bits per heavy atom. The third kappa shape index (κ3) is 4.26. The van der Waals surface area contributed by atoms with E-state index < -0.39 is 0 Å². The molecule has 0 aliphatic carbocycles. The van der Waals surface area contributed by atoms with Crippen molar-refractivity contribution in [2.45, 2.75) is 13.5 Å². The van der Waals surface area contributed by atoms with Gasteiger partial charge in [0.15, 0.2) is 12.4 Å². The van der Waals surface area contributed by atoms with Crippen LogP contribution in [0.25, 0.3) is 0 Å². The number of nitrogens with one attached hydrogen (secondary N) is 1. The highest BCUT2D eigenvalue weighted by Crippen LogP contribution is 2.15. The van der Waals surface area contributed by atoms with Gasteiger partial charge < -0.3 is 14.6 Å². The van der Waals surface area contributed by atoms with Crippen molar-refractivity contribution >= 4 is 17.5 Å². The molecule has 1 aromatic heterocycles. The van der Waals surface area contributed by atoms with Crippen molar-refractivity contribution in [2.24, 2.45) is 0 Å². The molecular weight excluding hydrogens is 270 g/mol. The van der Waals surface area contributed by atoms with Crippen LogP contribution in [0.15, 0.2) is 28.8 Å². The fourth-order valence-corrected chi connectivity index (χ4v) is 1.44. The van der Waals surface area contributed by atoms with Crippen LogP contribution in [-0.4, -0.2) is 22.7 Å². The fourth-order valence-electron chi connectivity index (χ4n) is 1.32. The van der Waals surface area contributed by atoms with E-state index in [1.54, 1.807) is 31.2 Å².